The zero-order valence-electron chi connectivity index (χ0n) is 12.8. The molecule has 0 radical (unpaired) electrons. The Labute approximate surface area is 129 Å². The minimum Gasteiger partial charge on any atom is -0.431 e. The van der Waals surface area contributed by atoms with Gasteiger partial charge >= 0.3 is 6.16 Å². The molecule has 0 spiro atoms. The number of carbonyl (C=O) groups excluding carboxylic acids is 2. The van der Waals surface area contributed by atoms with Gasteiger partial charge in [-0.15, -0.1) is 0 Å². The Bertz CT molecular complexity index is 414. The fraction of sp³-hybridized carbons (Fsp3) is 0.714. The van der Waals surface area contributed by atoms with E-state index < -0.39 is 30.8 Å². The number of halogens is 1. The van der Waals surface area contributed by atoms with Crippen molar-refractivity contribution >= 4 is 12.1 Å². The SMILES string of the molecule is CCC(CC)OC(=O)OC[C@]1(F)CC[C@H](N/C=C\C(N)=O)O1. The van der Waals surface area contributed by atoms with E-state index in [4.69, 9.17) is 19.9 Å². The molecule has 1 heterocycles. The summed E-state index contributed by atoms with van der Waals surface area (Å²) in [5.74, 6) is -2.69. The van der Waals surface area contributed by atoms with Crippen molar-refractivity contribution in [1.29, 1.82) is 0 Å². The second-order valence-electron chi connectivity index (χ2n) is 5.03. The molecular formula is C14H23FN2O5. The molecule has 0 aromatic carbocycles. The first kappa shape index (κ1) is 18.2. The van der Waals surface area contributed by atoms with Crippen LogP contribution in [0.1, 0.15) is 39.5 Å². The van der Waals surface area contributed by atoms with E-state index >= 15 is 0 Å². The molecule has 1 rings (SSSR count). The predicted octanol–water partition coefficient (Wildman–Crippen LogP) is 1.72. The van der Waals surface area contributed by atoms with Gasteiger partial charge in [0.15, 0.2) is 6.61 Å². The van der Waals surface area contributed by atoms with Crippen molar-refractivity contribution in [3.63, 3.8) is 0 Å². The van der Waals surface area contributed by atoms with E-state index in [1.165, 1.54) is 6.20 Å². The zero-order valence-corrected chi connectivity index (χ0v) is 12.8. The van der Waals surface area contributed by atoms with Gasteiger partial charge in [0.2, 0.25) is 11.8 Å². The first-order valence-electron chi connectivity index (χ1n) is 7.30. The number of nitrogens with one attached hydrogen (secondary N) is 1. The second kappa shape index (κ2) is 8.57. The molecule has 0 aromatic rings. The van der Waals surface area contributed by atoms with Crippen LogP contribution < -0.4 is 11.1 Å². The zero-order chi connectivity index (χ0) is 16.6. The largest absolute Gasteiger partial charge is 0.508 e. The number of rotatable bonds is 8. The van der Waals surface area contributed by atoms with Crippen molar-refractivity contribution in [2.75, 3.05) is 6.61 Å². The molecule has 1 amide bonds. The lowest BCUT2D eigenvalue weighted by molar-refractivity contribution is -0.168. The third-order valence-corrected chi connectivity index (χ3v) is 3.24. The van der Waals surface area contributed by atoms with Crippen molar-refractivity contribution in [1.82, 2.24) is 5.32 Å². The molecule has 126 valence electrons. The smallest absolute Gasteiger partial charge is 0.431 e. The normalized spacial score (nSPS) is 24.6. The Morgan fingerprint density at radius 3 is 2.77 bits per heavy atom. The number of hydrogen-bond donors (Lipinski definition) is 2. The number of nitrogens with two attached hydrogens (primary N) is 1. The van der Waals surface area contributed by atoms with E-state index in [2.05, 4.69) is 5.32 Å². The van der Waals surface area contributed by atoms with Gasteiger partial charge in [-0.2, -0.15) is 0 Å². The highest BCUT2D eigenvalue weighted by atomic mass is 19.2. The van der Waals surface area contributed by atoms with Crippen LogP contribution in [0, 0.1) is 0 Å². The van der Waals surface area contributed by atoms with Gasteiger partial charge in [0.05, 0.1) is 0 Å². The average molecular weight is 318 g/mol. The number of ether oxygens (including phenoxy) is 3. The van der Waals surface area contributed by atoms with Gasteiger partial charge in [0.25, 0.3) is 0 Å². The van der Waals surface area contributed by atoms with Crippen LogP contribution in [0.15, 0.2) is 12.3 Å². The number of alkyl halides is 1. The topological polar surface area (TPSA) is 99.9 Å². The van der Waals surface area contributed by atoms with Crippen molar-refractivity contribution in [3.8, 4) is 0 Å². The van der Waals surface area contributed by atoms with Crippen molar-refractivity contribution < 1.29 is 28.2 Å². The molecule has 0 saturated carbocycles. The van der Waals surface area contributed by atoms with Gasteiger partial charge in [0.1, 0.15) is 12.3 Å². The third-order valence-electron chi connectivity index (χ3n) is 3.24. The standard InChI is InChI=1S/C14H23FN2O5/c1-3-10(4-2)21-13(19)20-9-14(15)7-5-12(22-14)17-8-6-11(16)18/h6,8,10,12,17H,3-5,7,9H2,1-2H3,(H2,16,18)/b8-6-/t12-,14+/m1/s1. The molecule has 1 fully saturated rings. The summed E-state index contributed by atoms with van der Waals surface area (Å²) in [6.45, 7) is 3.23. The minimum atomic E-state index is -2.06. The maximum atomic E-state index is 14.3. The monoisotopic (exact) mass is 318 g/mol. The van der Waals surface area contributed by atoms with E-state index in [0.717, 1.165) is 6.08 Å². The lowest BCUT2D eigenvalue weighted by Crippen LogP contribution is -2.34. The van der Waals surface area contributed by atoms with Crippen LogP contribution in [0.2, 0.25) is 0 Å². The van der Waals surface area contributed by atoms with E-state index in [-0.39, 0.29) is 12.5 Å². The van der Waals surface area contributed by atoms with Crippen LogP contribution in [0.3, 0.4) is 0 Å². The Morgan fingerprint density at radius 2 is 2.18 bits per heavy atom. The second-order valence-corrected chi connectivity index (χ2v) is 5.03. The molecule has 2 atom stereocenters. The molecule has 22 heavy (non-hydrogen) atoms. The average Bonchev–Trinajstić information content (AvgIpc) is 2.84. The third kappa shape index (κ3) is 6.30. The predicted molar refractivity (Wildman–Crippen MR) is 76.2 cm³/mol. The molecule has 1 saturated heterocycles. The summed E-state index contributed by atoms with van der Waals surface area (Å²) >= 11 is 0. The van der Waals surface area contributed by atoms with Gasteiger partial charge in [-0.3, -0.25) is 4.79 Å². The Hall–Kier alpha value is -1.83. The summed E-state index contributed by atoms with van der Waals surface area (Å²) < 4.78 is 29.2. The highest BCUT2D eigenvalue weighted by molar-refractivity contribution is 5.85. The molecule has 3 N–H and O–H groups in total. The number of hydrogen-bond acceptors (Lipinski definition) is 6. The highest BCUT2D eigenvalue weighted by Gasteiger charge is 2.42. The van der Waals surface area contributed by atoms with Gasteiger partial charge in [-0.05, 0) is 19.3 Å². The van der Waals surface area contributed by atoms with Gasteiger partial charge < -0.3 is 25.3 Å². The van der Waals surface area contributed by atoms with Gasteiger partial charge in [-0.25, -0.2) is 9.18 Å². The van der Waals surface area contributed by atoms with E-state index in [1.54, 1.807) is 0 Å². The van der Waals surface area contributed by atoms with Crippen LogP contribution >= 0.6 is 0 Å². The molecular weight excluding hydrogens is 295 g/mol. The molecule has 0 bridgehead atoms. The van der Waals surface area contributed by atoms with Gasteiger partial charge in [0, 0.05) is 18.7 Å². The van der Waals surface area contributed by atoms with E-state index in [1.807, 2.05) is 13.8 Å². The fourth-order valence-corrected chi connectivity index (χ4v) is 1.97. The van der Waals surface area contributed by atoms with E-state index in [9.17, 15) is 14.0 Å². The molecule has 7 nitrogen and oxygen atoms in total. The van der Waals surface area contributed by atoms with Crippen LogP contribution in [-0.2, 0) is 19.0 Å². The molecule has 1 aliphatic rings. The maximum Gasteiger partial charge on any atom is 0.508 e. The quantitative estimate of drug-likeness (QED) is 0.522. The maximum absolute atomic E-state index is 14.3. The Balaban J connectivity index is 2.33. The minimum absolute atomic E-state index is 0.0628. The summed E-state index contributed by atoms with van der Waals surface area (Å²) in [7, 11) is 0. The summed E-state index contributed by atoms with van der Waals surface area (Å²) in [6, 6.07) is 0. The van der Waals surface area contributed by atoms with Crippen LogP contribution in [0.5, 0.6) is 0 Å². The number of amides is 1. The lowest BCUT2D eigenvalue weighted by Gasteiger charge is -2.21. The first-order chi connectivity index (χ1) is 10.4. The molecule has 0 aromatic heterocycles. The van der Waals surface area contributed by atoms with Crippen molar-refractivity contribution in [2.24, 2.45) is 5.73 Å². The molecule has 0 aliphatic carbocycles. The van der Waals surface area contributed by atoms with Crippen LogP contribution in [0.25, 0.3) is 0 Å². The number of carbonyl (C=O) groups is 2. The lowest BCUT2D eigenvalue weighted by atomic mass is 10.2. The van der Waals surface area contributed by atoms with Gasteiger partial charge in [-0.1, -0.05) is 13.8 Å². The van der Waals surface area contributed by atoms with Crippen LogP contribution in [0.4, 0.5) is 9.18 Å². The number of primary amides is 1. The Kier molecular flexibility index (Phi) is 7.10. The first-order valence-corrected chi connectivity index (χ1v) is 7.30. The molecule has 1 aliphatic heterocycles. The summed E-state index contributed by atoms with van der Waals surface area (Å²) in [5, 5.41) is 2.69. The summed E-state index contributed by atoms with van der Waals surface area (Å²) in [5.41, 5.74) is 4.92. The summed E-state index contributed by atoms with van der Waals surface area (Å²) in [6.07, 6.45) is 2.41. The summed E-state index contributed by atoms with van der Waals surface area (Å²) in [4.78, 5) is 22.0. The van der Waals surface area contributed by atoms with Crippen LogP contribution in [-0.4, -0.2) is 36.9 Å². The van der Waals surface area contributed by atoms with Crippen molar-refractivity contribution in [3.05, 3.63) is 12.3 Å². The fourth-order valence-electron chi connectivity index (χ4n) is 1.97. The van der Waals surface area contributed by atoms with Crippen molar-refractivity contribution in [2.45, 2.75) is 57.7 Å². The molecule has 8 heteroatoms. The Morgan fingerprint density at radius 1 is 1.50 bits per heavy atom. The highest BCUT2D eigenvalue weighted by Crippen LogP contribution is 2.31. The molecule has 0 unspecified atom stereocenters. The van der Waals surface area contributed by atoms with E-state index in [0.29, 0.717) is 19.3 Å².